The molecule has 10 rings (SSSR count). The maximum atomic E-state index is 16.8. The van der Waals surface area contributed by atoms with Crippen molar-refractivity contribution in [3.63, 3.8) is 0 Å². The fourth-order valence-corrected chi connectivity index (χ4v) is 12.2. The van der Waals surface area contributed by atoms with Crippen LogP contribution in [-0.2, 0) is 19.1 Å². The highest BCUT2D eigenvalue weighted by Gasteiger charge is 2.41. The summed E-state index contributed by atoms with van der Waals surface area (Å²) in [6, 6.07) is 22.6. The third-order valence-electron chi connectivity index (χ3n) is 16.1. The van der Waals surface area contributed by atoms with Gasteiger partial charge < -0.3 is 49.7 Å². The molecule has 18 heteroatoms. The van der Waals surface area contributed by atoms with E-state index in [2.05, 4.69) is 37.6 Å². The normalized spacial score (nSPS) is 21.1. The average Bonchev–Trinajstić information content (AvgIpc) is 4.28. The lowest BCUT2D eigenvalue weighted by Gasteiger charge is -2.36. The molecule has 6 aromatic rings. The number of aromatic amines is 2. The van der Waals surface area contributed by atoms with Gasteiger partial charge in [-0.25, -0.2) is 28.3 Å². The van der Waals surface area contributed by atoms with E-state index in [-0.39, 0.29) is 53.5 Å². The van der Waals surface area contributed by atoms with Gasteiger partial charge in [-0.2, -0.15) is 0 Å². The molecule has 6 heterocycles. The van der Waals surface area contributed by atoms with E-state index in [0.29, 0.717) is 86.1 Å². The molecule has 0 radical (unpaired) electrons. The highest BCUT2D eigenvalue weighted by Crippen LogP contribution is 2.49. The third-order valence-corrected chi connectivity index (χ3v) is 16.1. The molecule has 16 nitrogen and oxygen atoms in total. The predicted molar refractivity (Wildman–Crippen MR) is 282 cm³/mol. The minimum Gasteiger partial charge on any atom is -0.453 e. The molecule has 0 bridgehead atoms. The van der Waals surface area contributed by atoms with Gasteiger partial charge in [0.05, 0.1) is 60.5 Å². The van der Waals surface area contributed by atoms with Crippen molar-refractivity contribution in [1.82, 2.24) is 40.4 Å². The predicted octanol–water partition coefficient (Wildman–Crippen LogP) is 10.3. The Hall–Kier alpha value is -7.24. The summed E-state index contributed by atoms with van der Waals surface area (Å²) in [5.41, 5.74) is 6.50. The Morgan fingerprint density at radius 2 is 1.05 bits per heavy atom. The number of benzene rings is 4. The van der Waals surface area contributed by atoms with Crippen LogP contribution in [0.4, 0.5) is 29.7 Å². The van der Waals surface area contributed by atoms with Crippen molar-refractivity contribution in [2.24, 2.45) is 11.8 Å². The average molecular weight is 1030 g/mol. The van der Waals surface area contributed by atoms with Gasteiger partial charge in [0.15, 0.2) is 11.6 Å². The molecule has 4 aliphatic rings. The van der Waals surface area contributed by atoms with Gasteiger partial charge >= 0.3 is 12.2 Å². The molecule has 2 aromatic heterocycles. The van der Waals surface area contributed by atoms with Crippen LogP contribution in [0.15, 0.2) is 78.9 Å². The van der Waals surface area contributed by atoms with Gasteiger partial charge in [0, 0.05) is 31.9 Å². The minimum absolute atomic E-state index is 0.00559. The number of methoxy groups -OCH3 is 2. The molecule has 0 saturated carbocycles. The first-order valence-electron chi connectivity index (χ1n) is 26.6. The summed E-state index contributed by atoms with van der Waals surface area (Å²) >= 11 is 0. The number of amides is 4. The molecular weight excluding hydrogens is 959 g/mol. The van der Waals surface area contributed by atoms with E-state index in [0.717, 1.165) is 47.8 Å². The Kier molecular flexibility index (Phi) is 14.7. The number of halogens is 2. The van der Waals surface area contributed by atoms with Crippen molar-refractivity contribution >= 4 is 57.4 Å². The van der Waals surface area contributed by atoms with Gasteiger partial charge in [0.1, 0.15) is 29.4 Å². The largest absolute Gasteiger partial charge is 0.453 e. The standard InChI is InChI=1S/C57H68F2N10O6/c1-32(2)49(64-56(72)74-5)54(70)67-24-10-14-47(67)52-60-41-18-16-36(28-43(41)62-52)45-20-21-46(69(45)38-30-39(58)51(40(59)31-38)66-26-22-35(23-27-66)34-12-8-7-9-13-34)37-17-19-42-44(29-37)63-53(61-42)48-15-11-25-68(48)55(71)50(33(3)4)65-57(73)75-6/h7-9,12-13,16-19,28-33,35,45-50H,10-11,14-15,20-27H2,1-6H3,(H,60,62)(H,61,63)(H,64,72)(H,65,73)/t45-,46-,47+,48+,49+,50+/m1/s1. The summed E-state index contributed by atoms with van der Waals surface area (Å²) in [7, 11) is 2.55. The lowest BCUT2D eigenvalue weighted by Crippen LogP contribution is -2.51. The molecule has 4 aromatic carbocycles. The van der Waals surface area contributed by atoms with Crippen LogP contribution in [0.25, 0.3) is 22.1 Å². The van der Waals surface area contributed by atoms with E-state index in [1.165, 1.54) is 31.9 Å². The highest BCUT2D eigenvalue weighted by molar-refractivity contribution is 5.88. The fraction of sp³-hybridized carbons (Fsp3) is 0.474. The third kappa shape index (κ3) is 10.2. The Morgan fingerprint density at radius 1 is 0.587 bits per heavy atom. The number of anilines is 2. The van der Waals surface area contributed by atoms with Crippen molar-refractivity contribution in [3.05, 3.63) is 119 Å². The van der Waals surface area contributed by atoms with Crippen LogP contribution in [0.3, 0.4) is 0 Å². The summed E-state index contributed by atoms with van der Waals surface area (Å²) < 4.78 is 43.3. The minimum atomic E-state index is -0.768. The first-order valence-corrected chi connectivity index (χ1v) is 26.6. The summed E-state index contributed by atoms with van der Waals surface area (Å²) in [6.07, 6.45) is 4.53. The molecular formula is C57H68F2N10O6. The van der Waals surface area contributed by atoms with Crippen molar-refractivity contribution in [1.29, 1.82) is 0 Å². The van der Waals surface area contributed by atoms with E-state index in [4.69, 9.17) is 19.4 Å². The first kappa shape index (κ1) is 51.3. The number of fused-ring (bicyclic) bond motifs is 2. The van der Waals surface area contributed by atoms with Gasteiger partial charge in [-0.3, -0.25) is 9.59 Å². The van der Waals surface area contributed by atoms with Crippen LogP contribution < -0.4 is 20.4 Å². The van der Waals surface area contributed by atoms with E-state index in [9.17, 15) is 19.2 Å². The smallest absolute Gasteiger partial charge is 0.407 e. The van der Waals surface area contributed by atoms with Crippen LogP contribution in [0.2, 0.25) is 0 Å². The molecule has 4 N–H and O–H groups in total. The van der Waals surface area contributed by atoms with Gasteiger partial charge in [-0.15, -0.1) is 0 Å². The number of rotatable bonds is 13. The number of ether oxygens (including phenoxy) is 2. The summed E-state index contributed by atoms with van der Waals surface area (Å²) in [5.74, 6) is -0.339. The Balaban J connectivity index is 0.965. The second-order valence-electron chi connectivity index (χ2n) is 21.3. The second kappa shape index (κ2) is 21.5. The fourth-order valence-electron chi connectivity index (χ4n) is 12.2. The van der Waals surface area contributed by atoms with Crippen LogP contribution in [0.1, 0.15) is 137 Å². The molecule has 4 saturated heterocycles. The lowest BCUT2D eigenvalue weighted by molar-refractivity contribution is -0.136. The molecule has 75 heavy (non-hydrogen) atoms. The number of aromatic nitrogens is 4. The maximum absolute atomic E-state index is 16.8. The lowest BCUT2D eigenvalue weighted by atomic mass is 9.89. The van der Waals surface area contributed by atoms with E-state index in [1.54, 1.807) is 9.80 Å². The van der Waals surface area contributed by atoms with Gasteiger partial charge in [0.25, 0.3) is 0 Å². The number of nitrogens with one attached hydrogen (secondary N) is 4. The summed E-state index contributed by atoms with van der Waals surface area (Å²) in [5, 5.41) is 5.43. The maximum Gasteiger partial charge on any atom is 0.407 e. The van der Waals surface area contributed by atoms with Gasteiger partial charge in [-0.05, 0) is 122 Å². The Morgan fingerprint density at radius 3 is 1.49 bits per heavy atom. The van der Waals surface area contributed by atoms with E-state index < -0.39 is 35.9 Å². The molecule has 0 spiro atoms. The Labute approximate surface area is 435 Å². The zero-order valence-electron chi connectivity index (χ0n) is 43.6. The second-order valence-corrected chi connectivity index (χ2v) is 21.3. The van der Waals surface area contributed by atoms with Crippen LogP contribution in [0.5, 0.6) is 0 Å². The van der Waals surface area contributed by atoms with Crippen molar-refractivity contribution in [2.75, 3.05) is 50.2 Å². The molecule has 4 amide bonds. The first-order chi connectivity index (χ1) is 36.2. The number of nitrogens with zero attached hydrogens (tertiary/aromatic N) is 6. The number of alkyl carbamates (subject to hydrolysis) is 2. The number of carbonyl (C=O) groups is 4. The zero-order valence-corrected chi connectivity index (χ0v) is 43.6. The number of hydrogen-bond acceptors (Lipinski definition) is 10. The molecule has 396 valence electrons. The molecule has 6 atom stereocenters. The number of H-pyrrole nitrogens is 2. The van der Waals surface area contributed by atoms with Crippen LogP contribution >= 0.6 is 0 Å². The van der Waals surface area contributed by atoms with Crippen LogP contribution in [0, 0.1) is 23.5 Å². The number of hydrogen-bond donors (Lipinski definition) is 4. The molecule has 0 aliphatic carbocycles. The number of imidazole rings is 2. The molecule has 4 fully saturated rings. The van der Waals surface area contributed by atoms with Crippen molar-refractivity contribution in [3.8, 4) is 0 Å². The van der Waals surface area contributed by atoms with Gasteiger partial charge in [0.2, 0.25) is 11.8 Å². The zero-order chi connectivity index (χ0) is 52.7. The Bertz CT molecular complexity index is 2890. The van der Waals surface area contributed by atoms with Crippen molar-refractivity contribution < 1.29 is 37.4 Å². The quantitative estimate of drug-likeness (QED) is 0.0869. The molecule has 4 aliphatic heterocycles. The molecule has 0 unspecified atom stereocenters. The van der Waals surface area contributed by atoms with Crippen molar-refractivity contribution in [2.45, 2.75) is 121 Å². The van der Waals surface area contributed by atoms with Gasteiger partial charge in [-0.1, -0.05) is 70.2 Å². The monoisotopic (exact) mass is 1030 g/mol. The topological polar surface area (TPSA) is 181 Å². The van der Waals surface area contributed by atoms with E-state index in [1.807, 2.05) is 87.2 Å². The number of carbonyl (C=O) groups excluding carboxylic acids is 4. The van der Waals surface area contributed by atoms with E-state index >= 15 is 8.78 Å². The summed E-state index contributed by atoms with van der Waals surface area (Å²) in [6.45, 7) is 9.64. The highest BCUT2D eigenvalue weighted by atomic mass is 19.1. The summed E-state index contributed by atoms with van der Waals surface area (Å²) in [4.78, 5) is 77.1. The SMILES string of the molecule is COC(=O)N[C@H](C(=O)N1CCC[C@H]1c1nc2cc([C@H]3CC[C@H](c4ccc5[nH]c([C@@H]6CCCN6C(=O)[C@@H](NC(=O)OC)C(C)C)nc5c4)N3c3cc(F)c(N4CCC(c5ccccc5)CC4)c(F)c3)ccc2[nH]1)C(C)C. The van der Waals surface area contributed by atoms with Crippen LogP contribution in [-0.4, -0.2) is 106 Å². The number of likely N-dealkylation sites (tertiary alicyclic amines) is 2. The number of piperidine rings is 1.